The molecule has 0 bridgehead atoms. The van der Waals surface area contributed by atoms with Crippen LogP contribution in [0.15, 0.2) is 66.0 Å². The van der Waals surface area contributed by atoms with E-state index < -0.39 is 0 Å². The van der Waals surface area contributed by atoms with Crippen molar-refractivity contribution in [3.8, 4) is 0 Å². The minimum Gasteiger partial charge on any atom is -0.302 e. The average molecular weight is 369 g/mol. The van der Waals surface area contributed by atoms with Gasteiger partial charge in [-0.15, -0.1) is 11.3 Å². The highest BCUT2D eigenvalue weighted by atomic mass is 32.2. The molecule has 2 aromatic carbocycles. The van der Waals surface area contributed by atoms with Crippen molar-refractivity contribution < 1.29 is 4.79 Å². The Morgan fingerprint density at radius 1 is 1.08 bits per heavy atom. The summed E-state index contributed by atoms with van der Waals surface area (Å²) in [6, 6.07) is 20.3. The van der Waals surface area contributed by atoms with Crippen molar-refractivity contribution in [2.24, 2.45) is 0 Å². The molecule has 0 saturated carbocycles. The molecule has 0 unspecified atom stereocenters. The number of hydrogen-bond acceptors (Lipinski definition) is 4. The lowest BCUT2D eigenvalue weighted by Gasteiger charge is -2.17. The number of hydrogen-bond donors (Lipinski definition) is 1. The molecule has 3 nitrogen and oxygen atoms in total. The smallest absolute Gasteiger partial charge is 0.227 e. The van der Waals surface area contributed by atoms with Crippen LogP contribution in [-0.4, -0.2) is 17.1 Å². The fourth-order valence-electron chi connectivity index (χ4n) is 2.73. The van der Waals surface area contributed by atoms with Crippen molar-refractivity contribution in [3.63, 3.8) is 0 Å². The molecule has 0 aliphatic carbocycles. The van der Waals surface area contributed by atoms with Gasteiger partial charge in [0.15, 0.2) is 5.13 Å². The van der Waals surface area contributed by atoms with Crippen LogP contribution in [0.5, 0.6) is 0 Å². The molecule has 1 heterocycles. The number of nitrogens with one attached hydrogen (secondary N) is 1. The van der Waals surface area contributed by atoms with Crippen molar-refractivity contribution in [1.29, 1.82) is 0 Å². The van der Waals surface area contributed by atoms with Crippen LogP contribution >= 0.6 is 23.1 Å². The molecular formula is C20H20N2OS2. The van der Waals surface area contributed by atoms with Crippen LogP contribution < -0.4 is 5.32 Å². The molecule has 1 N–H and O–H groups in total. The van der Waals surface area contributed by atoms with Crippen LogP contribution in [0.25, 0.3) is 0 Å². The van der Waals surface area contributed by atoms with E-state index in [1.54, 1.807) is 11.8 Å². The van der Waals surface area contributed by atoms with Gasteiger partial charge in [0.1, 0.15) is 0 Å². The zero-order valence-corrected chi connectivity index (χ0v) is 15.6. The Morgan fingerprint density at radius 3 is 2.24 bits per heavy atom. The second kappa shape index (κ2) is 8.83. The third-order valence-corrected chi connectivity index (χ3v) is 5.27. The van der Waals surface area contributed by atoms with E-state index in [9.17, 15) is 4.79 Å². The van der Waals surface area contributed by atoms with Crippen LogP contribution in [0.1, 0.15) is 29.2 Å². The Labute approximate surface area is 156 Å². The SMILES string of the molecule is CSCc1csc(NC(=O)CC(c2ccccc2)c2ccccc2)n1. The number of aromatic nitrogens is 1. The van der Waals surface area contributed by atoms with Crippen LogP contribution in [0.3, 0.4) is 0 Å². The lowest BCUT2D eigenvalue weighted by Crippen LogP contribution is -2.16. The number of nitrogens with zero attached hydrogens (tertiary/aromatic N) is 1. The van der Waals surface area contributed by atoms with E-state index in [0.29, 0.717) is 11.6 Å². The number of benzene rings is 2. The van der Waals surface area contributed by atoms with Gasteiger partial charge in [-0.05, 0) is 17.4 Å². The number of rotatable bonds is 7. The molecule has 0 radical (unpaired) electrons. The molecule has 0 fully saturated rings. The van der Waals surface area contributed by atoms with Crippen molar-refractivity contribution in [1.82, 2.24) is 4.98 Å². The fraction of sp³-hybridized carbons (Fsp3) is 0.200. The molecule has 1 amide bonds. The van der Waals surface area contributed by atoms with Gasteiger partial charge >= 0.3 is 0 Å². The minimum atomic E-state index is -0.0113. The Kier molecular flexibility index (Phi) is 6.25. The molecule has 0 atom stereocenters. The predicted octanol–water partition coefficient (Wildman–Crippen LogP) is 5.17. The second-order valence-electron chi connectivity index (χ2n) is 5.70. The zero-order valence-electron chi connectivity index (χ0n) is 14.0. The normalized spacial score (nSPS) is 10.8. The number of anilines is 1. The molecule has 0 saturated heterocycles. The number of carbonyl (C=O) groups is 1. The molecule has 1 aromatic heterocycles. The van der Waals surface area contributed by atoms with Gasteiger partial charge in [0.05, 0.1) is 5.69 Å². The zero-order chi connectivity index (χ0) is 17.5. The summed E-state index contributed by atoms with van der Waals surface area (Å²) < 4.78 is 0. The first kappa shape index (κ1) is 17.7. The lowest BCUT2D eigenvalue weighted by molar-refractivity contribution is -0.116. The van der Waals surface area contributed by atoms with Gasteiger partial charge in [0.25, 0.3) is 0 Å². The van der Waals surface area contributed by atoms with Crippen molar-refractivity contribution in [2.45, 2.75) is 18.1 Å². The van der Waals surface area contributed by atoms with E-state index >= 15 is 0 Å². The van der Waals surface area contributed by atoms with E-state index in [4.69, 9.17) is 0 Å². The van der Waals surface area contributed by atoms with E-state index in [1.165, 1.54) is 11.3 Å². The lowest BCUT2D eigenvalue weighted by atomic mass is 9.88. The summed E-state index contributed by atoms with van der Waals surface area (Å²) in [4.78, 5) is 17.0. The largest absolute Gasteiger partial charge is 0.302 e. The summed E-state index contributed by atoms with van der Waals surface area (Å²) in [5.41, 5.74) is 3.30. The van der Waals surface area contributed by atoms with E-state index in [-0.39, 0.29) is 11.8 Å². The first-order valence-electron chi connectivity index (χ1n) is 8.09. The Morgan fingerprint density at radius 2 is 1.68 bits per heavy atom. The first-order valence-corrected chi connectivity index (χ1v) is 10.4. The van der Waals surface area contributed by atoms with E-state index in [2.05, 4.69) is 34.6 Å². The van der Waals surface area contributed by atoms with E-state index in [1.807, 2.05) is 48.0 Å². The molecular weight excluding hydrogens is 348 g/mol. The standard InChI is InChI=1S/C20H20N2OS2/c1-24-13-17-14-25-20(21-17)22-19(23)12-18(15-8-4-2-5-9-15)16-10-6-3-7-11-16/h2-11,14,18H,12-13H2,1H3,(H,21,22,23). The fourth-order valence-corrected chi connectivity index (χ4v) is 4.01. The van der Waals surface area contributed by atoms with Crippen LogP contribution in [0, 0.1) is 0 Å². The minimum absolute atomic E-state index is 0.0113. The second-order valence-corrected chi connectivity index (χ2v) is 7.43. The van der Waals surface area contributed by atoms with Gasteiger partial charge < -0.3 is 5.32 Å². The van der Waals surface area contributed by atoms with Gasteiger partial charge in [0, 0.05) is 23.5 Å². The summed E-state index contributed by atoms with van der Waals surface area (Å²) in [7, 11) is 0. The van der Waals surface area contributed by atoms with Gasteiger partial charge in [0.2, 0.25) is 5.91 Å². The molecule has 0 spiro atoms. The third kappa shape index (κ3) is 4.94. The highest BCUT2D eigenvalue weighted by Crippen LogP contribution is 2.28. The number of thiazole rings is 1. The average Bonchev–Trinajstić information content (AvgIpc) is 3.08. The van der Waals surface area contributed by atoms with Gasteiger partial charge in [-0.1, -0.05) is 60.7 Å². The Balaban J connectivity index is 1.74. The summed E-state index contributed by atoms with van der Waals surface area (Å²) in [6.07, 6.45) is 2.44. The molecule has 25 heavy (non-hydrogen) atoms. The quantitative estimate of drug-likeness (QED) is 0.626. The Hall–Kier alpha value is -2.11. The molecule has 3 aromatic rings. The molecule has 3 rings (SSSR count). The van der Waals surface area contributed by atoms with Gasteiger partial charge in [-0.25, -0.2) is 4.98 Å². The van der Waals surface area contributed by atoms with Gasteiger partial charge in [-0.2, -0.15) is 11.8 Å². The van der Waals surface area contributed by atoms with Crippen LogP contribution in [-0.2, 0) is 10.5 Å². The van der Waals surface area contributed by atoms with E-state index in [0.717, 1.165) is 22.6 Å². The summed E-state index contributed by atoms with van der Waals surface area (Å²) >= 11 is 3.20. The maximum atomic E-state index is 12.6. The van der Waals surface area contributed by atoms with Crippen LogP contribution in [0.2, 0.25) is 0 Å². The molecule has 0 aliphatic rings. The number of carbonyl (C=O) groups excluding carboxylic acids is 1. The van der Waals surface area contributed by atoms with Crippen molar-refractivity contribution in [2.75, 3.05) is 11.6 Å². The van der Waals surface area contributed by atoms with Gasteiger partial charge in [-0.3, -0.25) is 4.79 Å². The topological polar surface area (TPSA) is 42.0 Å². The van der Waals surface area contributed by atoms with Crippen molar-refractivity contribution >= 4 is 34.1 Å². The number of thioether (sulfide) groups is 1. The summed E-state index contributed by atoms with van der Waals surface area (Å²) in [6.45, 7) is 0. The van der Waals surface area contributed by atoms with Crippen molar-refractivity contribution in [3.05, 3.63) is 82.9 Å². The highest BCUT2D eigenvalue weighted by molar-refractivity contribution is 7.97. The predicted molar refractivity (Wildman–Crippen MR) is 107 cm³/mol. The summed E-state index contributed by atoms with van der Waals surface area (Å²) in [5, 5.41) is 5.62. The third-order valence-electron chi connectivity index (χ3n) is 3.88. The first-order chi connectivity index (χ1) is 12.3. The molecule has 0 aliphatic heterocycles. The summed E-state index contributed by atoms with van der Waals surface area (Å²) in [5.74, 6) is 0.888. The number of amides is 1. The Bertz CT molecular complexity index is 763. The highest BCUT2D eigenvalue weighted by Gasteiger charge is 2.18. The molecule has 128 valence electrons. The van der Waals surface area contributed by atoms with Crippen LogP contribution in [0.4, 0.5) is 5.13 Å². The monoisotopic (exact) mass is 368 g/mol. The maximum Gasteiger partial charge on any atom is 0.227 e. The maximum absolute atomic E-state index is 12.6. The molecule has 5 heteroatoms.